The average molecular weight is 203 g/mol. The first-order valence-corrected chi connectivity index (χ1v) is 4.79. The number of hydrogen-bond donors (Lipinski definition) is 2. The van der Waals surface area contributed by atoms with Crippen LogP contribution in [0.2, 0.25) is 0 Å². The van der Waals surface area contributed by atoms with E-state index in [0.717, 1.165) is 11.4 Å². The Labute approximate surface area is 87.8 Å². The van der Waals surface area contributed by atoms with E-state index in [1.165, 1.54) is 0 Å². The van der Waals surface area contributed by atoms with E-state index < -0.39 is 0 Å². The second kappa shape index (κ2) is 3.78. The number of aryl methyl sites for hydroxylation is 1. The molecule has 2 aromatic heterocycles. The Morgan fingerprint density at radius 1 is 1.33 bits per heavy atom. The van der Waals surface area contributed by atoms with Gasteiger partial charge in [0.05, 0.1) is 6.04 Å². The first kappa shape index (κ1) is 9.79. The van der Waals surface area contributed by atoms with Gasteiger partial charge in [0.25, 0.3) is 0 Å². The average Bonchev–Trinajstić information content (AvgIpc) is 2.66. The van der Waals surface area contributed by atoms with Gasteiger partial charge in [0.15, 0.2) is 5.82 Å². The van der Waals surface area contributed by atoms with Crippen LogP contribution in [0.15, 0.2) is 18.2 Å². The second-order valence-electron chi connectivity index (χ2n) is 3.50. The predicted octanol–water partition coefficient (Wildman–Crippen LogP) is 1.19. The fraction of sp³-hybridized carbons (Fsp3) is 0.300. The first-order valence-electron chi connectivity index (χ1n) is 4.79. The molecule has 5 nitrogen and oxygen atoms in total. The van der Waals surface area contributed by atoms with Crippen LogP contribution in [0.1, 0.15) is 24.5 Å². The minimum absolute atomic E-state index is 0.143. The van der Waals surface area contributed by atoms with Crippen molar-refractivity contribution in [2.24, 2.45) is 5.73 Å². The Hall–Kier alpha value is -1.75. The summed E-state index contributed by atoms with van der Waals surface area (Å²) in [5.41, 5.74) is 7.39. The summed E-state index contributed by atoms with van der Waals surface area (Å²) in [6.07, 6.45) is 0. The van der Waals surface area contributed by atoms with Gasteiger partial charge in [0, 0.05) is 5.69 Å². The highest BCUT2D eigenvalue weighted by molar-refractivity contribution is 5.48. The summed E-state index contributed by atoms with van der Waals surface area (Å²) in [5, 5.41) is 6.87. The summed E-state index contributed by atoms with van der Waals surface area (Å²) in [7, 11) is 0. The maximum Gasteiger partial charge on any atom is 0.199 e. The van der Waals surface area contributed by atoms with Gasteiger partial charge in [-0.1, -0.05) is 6.07 Å². The molecule has 0 amide bonds. The van der Waals surface area contributed by atoms with E-state index in [1.807, 2.05) is 32.0 Å². The highest BCUT2D eigenvalue weighted by atomic mass is 15.2. The number of aromatic amines is 1. The van der Waals surface area contributed by atoms with Gasteiger partial charge < -0.3 is 5.73 Å². The molecule has 1 unspecified atom stereocenters. The van der Waals surface area contributed by atoms with Crippen molar-refractivity contribution in [1.29, 1.82) is 0 Å². The summed E-state index contributed by atoms with van der Waals surface area (Å²) in [4.78, 5) is 8.60. The zero-order valence-electron chi connectivity index (χ0n) is 8.73. The number of nitrogens with two attached hydrogens (primary N) is 1. The van der Waals surface area contributed by atoms with Crippen LogP contribution in [-0.4, -0.2) is 20.2 Å². The van der Waals surface area contributed by atoms with Gasteiger partial charge in [-0.05, 0) is 26.0 Å². The van der Waals surface area contributed by atoms with Gasteiger partial charge in [0.1, 0.15) is 11.5 Å². The summed E-state index contributed by atoms with van der Waals surface area (Å²) in [6, 6.07) is 5.60. The highest BCUT2D eigenvalue weighted by Gasteiger charge is 2.09. The molecule has 0 aliphatic rings. The third-order valence-electron chi connectivity index (χ3n) is 2.05. The van der Waals surface area contributed by atoms with Crippen LogP contribution in [0.3, 0.4) is 0 Å². The predicted molar refractivity (Wildman–Crippen MR) is 57.0 cm³/mol. The number of nitrogens with one attached hydrogen (secondary N) is 1. The summed E-state index contributed by atoms with van der Waals surface area (Å²) >= 11 is 0. The highest BCUT2D eigenvalue weighted by Crippen LogP contribution is 2.13. The van der Waals surface area contributed by atoms with Crippen LogP contribution in [0.5, 0.6) is 0 Å². The van der Waals surface area contributed by atoms with Crippen molar-refractivity contribution in [3.8, 4) is 11.5 Å². The van der Waals surface area contributed by atoms with Crippen molar-refractivity contribution in [2.45, 2.75) is 19.9 Å². The fourth-order valence-corrected chi connectivity index (χ4v) is 1.26. The summed E-state index contributed by atoms with van der Waals surface area (Å²) in [6.45, 7) is 3.79. The minimum Gasteiger partial charge on any atom is -0.322 e. The number of nitrogens with zero attached hydrogens (tertiary/aromatic N) is 3. The third kappa shape index (κ3) is 2.02. The quantitative estimate of drug-likeness (QED) is 0.768. The molecule has 2 heterocycles. The van der Waals surface area contributed by atoms with Gasteiger partial charge in [-0.2, -0.15) is 5.10 Å². The Kier molecular flexibility index (Phi) is 2.47. The number of hydrogen-bond acceptors (Lipinski definition) is 4. The van der Waals surface area contributed by atoms with Crippen molar-refractivity contribution in [3.63, 3.8) is 0 Å². The monoisotopic (exact) mass is 203 g/mol. The van der Waals surface area contributed by atoms with E-state index in [1.54, 1.807) is 0 Å². The second-order valence-corrected chi connectivity index (χ2v) is 3.50. The fourth-order valence-electron chi connectivity index (χ4n) is 1.26. The molecule has 2 aromatic rings. The summed E-state index contributed by atoms with van der Waals surface area (Å²) < 4.78 is 0. The van der Waals surface area contributed by atoms with Crippen LogP contribution in [0.25, 0.3) is 11.5 Å². The Bertz CT molecular complexity index is 460. The van der Waals surface area contributed by atoms with Crippen LogP contribution in [0.4, 0.5) is 0 Å². The smallest absolute Gasteiger partial charge is 0.199 e. The van der Waals surface area contributed by atoms with E-state index in [4.69, 9.17) is 5.73 Å². The molecule has 0 spiro atoms. The topological polar surface area (TPSA) is 80.5 Å². The minimum atomic E-state index is -0.143. The zero-order valence-corrected chi connectivity index (χ0v) is 8.73. The van der Waals surface area contributed by atoms with Crippen molar-refractivity contribution in [3.05, 3.63) is 29.7 Å². The SMILES string of the molecule is Cc1cccc(-c2n[nH]c(C(C)N)n2)n1. The van der Waals surface area contributed by atoms with E-state index in [2.05, 4.69) is 20.2 Å². The molecule has 0 aliphatic carbocycles. The van der Waals surface area contributed by atoms with Gasteiger partial charge in [0.2, 0.25) is 0 Å². The first-order chi connectivity index (χ1) is 7.16. The summed E-state index contributed by atoms with van der Waals surface area (Å²) in [5.74, 6) is 1.26. The van der Waals surface area contributed by atoms with E-state index in [0.29, 0.717) is 11.6 Å². The molecular weight excluding hydrogens is 190 g/mol. The molecular formula is C10H13N5. The molecule has 3 N–H and O–H groups in total. The third-order valence-corrected chi connectivity index (χ3v) is 2.05. The number of pyridine rings is 1. The van der Waals surface area contributed by atoms with Gasteiger partial charge in [-0.15, -0.1) is 0 Å². The van der Waals surface area contributed by atoms with E-state index >= 15 is 0 Å². The largest absolute Gasteiger partial charge is 0.322 e. The molecule has 2 rings (SSSR count). The molecule has 1 atom stereocenters. The van der Waals surface area contributed by atoms with Crippen LogP contribution in [0, 0.1) is 6.92 Å². The lowest BCUT2D eigenvalue weighted by Gasteiger charge is -1.97. The number of rotatable bonds is 2. The standard InChI is InChI=1S/C10H13N5/c1-6-4-3-5-8(12-6)10-13-9(7(2)11)14-15-10/h3-5,7H,11H2,1-2H3,(H,13,14,15). The zero-order chi connectivity index (χ0) is 10.8. The van der Waals surface area contributed by atoms with Crippen LogP contribution >= 0.6 is 0 Å². The maximum absolute atomic E-state index is 5.68. The van der Waals surface area contributed by atoms with Crippen LogP contribution < -0.4 is 5.73 Å². The Morgan fingerprint density at radius 3 is 2.73 bits per heavy atom. The van der Waals surface area contributed by atoms with Crippen molar-refractivity contribution < 1.29 is 0 Å². The lowest BCUT2D eigenvalue weighted by atomic mass is 10.3. The molecule has 0 aromatic carbocycles. The van der Waals surface area contributed by atoms with Gasteiger partial charge in [-0.3, -0.25) is 5.10 Å². The Balaban J connectivity index is 2.37. The van der Waals surface area contributed by atoms with E-state index in [-0.39, 0.29) is 6.04 Å². The van der Waals surface area contributed by atoms with Crippen molar-refractivity contribution in [2.75, 3.05) is 0 Å². The number of H-pyrrole nitrogens is 1. The lowest BCUT2D eigenvalue weighted by molar-refractivity contribution is 0.745. The molecule has 0 radical (unpaired) electrons. The van der Waals surface area contributed by atoms with Crippen LogP contribution in [-0.2, 0) is 0 Å². The number of aromatic nitrogens is 4. The molecule has 0 aliphatic heterocycles. The Morgan fingerprint density at radius 2 is 2.13 bits per heavy atom. The molecule has 5 heteroatoms. The van der Waals surface area contributed by atoms with E-state index in [9.17, 15) is 0 Å². The van der Waals surface area contributed by atoms with Crippen molar-refractivity contribution >= 4 is 0 Å². The molecule has 0 bridgehead atoms. The molecule has 0 saturated heterocycles. The molecule has 78 valence electrons. The van der Waals surface area contributed by atoms with Gasteiger partial charge >= 0.3 is 0 Å². The van der Waals surface area contributed by atoms with Crippen molar-refractivity contribution in [1.82, 2.24) is 20.2 Å². The lowest BCUT2D eigenvalue weighted by Crippen LogP contribution is -2.06. The normalized spacial score (nSPS) is 12.7. The molecule has 0 saturated carbocycles. The van der Waals surface area contributed by atoms with Gasteiger partial charge in [-0.25, -0.2) is 9.97 Å². The molecule has 0 fully saturated rings. The molecule has 15 heavy (non-hydrogen) atoms. The maximum atomic E-state index is 5.68.